The number of aryl methyl sites for hydroxylation is 1. The summed E-state index contributed by atoms with van der Waals surface area (Å²) in [6.45, 7) is 5.10. The summed E-state index contributed by atoms with van der Waals surface area (Å²) in [5.41, 5.74) is 6.01. The fourth-order valence-corrected chi connectivity index (χ4v) is 6.18. The van der Waals surface area contributed by atoms with E-state index in [2.05, 4.69) is 22.0 Å². The second-order valence-electron chi connectivity index (χ2n) is 9.76. The Morgan fingerprint density at radius 1 is 0.972 bits per heavy atom. The Bertz CT molecular complexity index is 1390. The summed E-state index contributed by atoms with van der Waals surface area (Å²) in [5.74, 6) is 1.26. The maximum Gasteiger partial charge on any atom is 0.173 e. The molecule has 1 saturated carbocycles. The number of nitrogens with zero attached hydrogens (tertiary/aromatic N) is 5. The van der Waals surface area contributed by atoms with Crippen molar-refractivity contribution in [1.29, 1.82) is 0 Å². The molecule has 36 heavy (non-hydrogen) atoms. The zero-order valence-corrected chi connectivity index (χ0v) is 21.4. The summed E-state index contributed by atoms with van der Waals surface area (Å²) in [5, 5.41) is 4.94. The van der Waals surface area contributed by atoms with Crippen molar-refractivity contribution >= 4 is 27.8 Å². The maximum absolute atomic E-state index is 13.4. The van der Waals surface area contributed by atoms with E-state index in [1.165, 1.54) is 19.3 Å². The van der Waals surface area contributed by atoms with E-state index in [4.69, 9.17) is 14.8 Å². The van der Waals surface area contributed by atoms with Crippen LogP contribution in [0.1, 0.15) is 49.3 Å². The van der Waals surface area contributed by atoms with Crippen molar-refractivity contribution in [3.8, 4) is 11.1 Å². The average molecular weight is 502 g/mol. The monoisotopic (exact) mass is 501 g/mol. The van der Waals surface area contributed by atoms with E-state index in [0.717, 1.165) is 70.1 Å². The zero-order chi connectivity index (χ0) is 24.5. The van der Waals surface area contributed by atoms with Crippen LogP contribution in [0.2, 0.25) is 0 Å². The third kappa shape index (κ3) is 4.67. The van der Waals surface area contributed by atoms with Gasteiger partial charge in [-0.25, -0.2) is 9.19 Å². The summed E-state index contributed by atoms with van der Waals surface area (Å²) in [6, 6.07) is 14.1. The topological polar surface area (TPSA) is 73.1 Å². The van der Waals surface area contributed by atoms with Crippen molar-refractivity contribution in [3.05, 3.63) is 66.1 Å². The molecule has 1 saturated heterocycles. The first-order chi connectivity index (χ1) is 17.7. The molecule has 0 amide bonds. The Kier molecular flexibility index (Phi) is 6.54. The first-order valence-electron chi connectivity index (χ1n) is 12.8. The van der Waals surface area contributed by atoms with Crippen LogP contribution < -0.4 is 4.90 Å². The molecular formula is C28H31N5O2S. The minimum Gasteiger partial charge on any atom is -0.378 e. The second-order valence-corrected chi connectivity index (χ2v) is 11.1. The fourth-order valence-electron chi connectivity index (χ4n) is 5.23. The number of ether oxygens (including phenoxy) is 1. The SMILES string of the molecule is Cc1ccc(S(=O)n2cc(-c3ccc4ncc(N5CCOCC5)nc4c3)c(C3CCCCC3)n2)cc1. The highest BCUT2D eigenvalue weighted by Crippen LogP contribution is 2.38. The molecule has 2 aliphatic rings. The Morgan fingerprint density at radius 3 is 2.53 bits per heavy atom. The number of hydrogen-bond acceptors (Lipinski definition) is 6. The quantitative estimate of drug-likeness (QED) is 0.372. The maximum atomic E-state index is 13.4. The molecule has 0 spiro atoms. The molecule has 2 aromatic heterocycles. The number of fused-ring (bicyclic) bond motifs is 1. The average Bonchev–Trinajstić information content (AvgIpc) is 3.39. The molecule has 7 nitrogen and oxygen atoms in total. The lowest BCUT2D eigenvalue weighted by molar-refractivity contribution is 0.122. The Hall–Kier alpha value is -3.10. The van der Waals surface area contributed by atoms with Crippen LogP contribution in [0.4, 0.5) is 5.82 Å². The van der Waals surface area contributed by atoms with Crippen LogP contribution in [0.15, 0.2) is 59.8 Å². The van der Waals surface area contributed by atoms with Crippen LogP contribution in [0.3, 0.4) is 0 Å². The molecule has 1 atom stereocenters. The highest BCUT2D eigenvalue weighted by Gasteiger charge is 2.25. The number of hydrogen-bond donors (Lipinski definition) is 0. The zero-order valence-electron chi connectivity index (χ0n) is 20.6. The summed E-state index contributed by atoms with van der Waals surface area (Å²) < 4.78 is 20.6. The molecule has 2 aromatic carbocycles. The first-order valence-corrected chi connectivity index (χ1v) is 13.9. The van der Waals surface area contributed by atoms with Gasteiger partial charge in [0, 0.05) is 30.8 Å². The molecule has 0 radical (unpaired) electrons. The van der Waals surface area contributed by atoms with Gasteiger partial charge in [-0.1, -0.05) is 43.0 Å². The Morgan fingerprint density at radius 2 is 1.75 bits per heavy atom. The molecule has 4 aromatic rings. The molecule has 3 heterocycles. The van der Waals surface area contributed by atoms with Crippen molar-refractivity contribution in [2.75, 3.05) is 31.2 Å². The van der Waals surface area contributed by atoms with Gasteiger partial charge in [0.2, 0.25) is 0 Å². The van der Waals surface area contributed by atoms with Gasteiger partial charge in [-0.05, 0) is 49.6 Å². The fraction of sp³-hybridized carbons (Fsp3) is 0.393. The van der Waals surface area contributed by atoms with E-state index >= 15 is 0 Å². The van der Waals surface area contributed by atoms with Crippen molar-refractivity contribution in [1.82, 2.24) is 19.2 Å². The standard InChI is InChI=1S/C28H31N5O2S/c1-20-7-10-23(11-8-20)36(34)33-19-24(28(31-33)21-5-3-2-4-6-21)22-9-12-25-26(17-22)30-27(18-29-25)32-13-15-35-16-14-32/h7-12,17-19,21H,2-6,13-16H2,1H3. The Labute approximate surface area is 214 Å². The van der Waals surface area contributed by atoms with Gasteiger partial charge in [-0.15, -0.1) is 0 Å². The van der Waals surface area contributed by atoms with Gasteiger partial charge in [0.15, 0.2) is 11.0 Å². The van der Waals surface area contributed by atoms with Gasteiger partial charge in [0.1, 0.15) is 5.82 Å². The van der Waals surface area contributed by atoms with Gasteiger partial charge in [-0.3, -0.25) is 4.98 Å². The van der Waals surface area contributed by atoms with E-state index in [9.17, 15) is 4.21 Å². The molecule has 6 rings (SSSR count). The van der Waals surface area contributed by atoms with Crippen molar-refractivity contribution in [2.24, 2.45) is 0 Å². The first kappa shape index (κ1) is 23.3. The summed E-state index contributed by atoms with van der Waals surface area (Å²) in [7, 11) is -1.40. The summed E-state index contributed by atoms with van der Waals surface area (Å²) >= 11 is 0. The Balaban J connectivity index is 1.40. The van der Waals surface area contributed by atoms with Crippen molar-refractivity contribution in [3.63, 3.8) is 0 Å². The van der Waals surface area contributed by atoms with Crippen LogP contribution in [0.25, 0.3) is 22.2 Å². The third-order valence-corrected chi connectivity index (χ3v) is 8.48. The van der Waals surface area contributed by atoms with Gasteiger partial charge >= 0.3 is 0 Å². The van der Waals surface area contributed by atoms with Gasteiger partial charge in [0.05, 0.1) is 41.0 Å². The molecular weight excluding hydrogens is 470 g/mol. The number of morpholine rings is 1. The minimum atomic E-state index is -1.40. The highest BCUT2D eigenvalue weighted by atomic mass is 32.2. The molecule has 2 fully saturated rings. The third-order valence-electron chi connectivity index (χ3n) is 7.28. The number of aromatic nitrogens is 4. The largest absolute Gasteiger partial charge is 0.378 e. The van der Waals surface area contributed by atoms with E-state index in [0.29, 0.717) is 19.1 Å². The smallest absolute Gasteiger partial charge is 0.173 e. The van der Waals surface area contributed by atoms with Crippen molar-refractivity contribution < 1.29 is 8.95 Å². The minimum absolute atomic E-state index is 0.381. The van der Waals surface area contributed by atoms with Gasteiger partial charge < -0.3 is 9.64 Å². The summed E-state index contributed by atoms with van der Waals surface area (Å²) in [4.78, 5) is 12.6. The predicted molar refractivity (Wildman–Crippen MR) is 143 cm³/mol. The van der Waals surface area contributed by atoms with Crippen molar-refractivity contribution in [2.45, 2.75) is 49.8 Å². The van der Waals surface area contributed by atoms with E-state index < -0.39 is 11.0 Å². The van der Waals surface area contributed by atoms with Crippen LogP contribution in [0.5, 0.6) is 0 Å². The lowest BCUT2D eigenvalue weighted by Gasteiger charge is -2.27. The van der Waals surface area contributed by atoms with Gasteiger partial charge in [0.25, 0.3) is 0 Å². The predicted octanol–water partition coefficient (Wildman–Crippen LogP) is 5.26. The molecule has 0 N–H and O–H groups in total. The molecule has 1 aliphatic heterocycles. The number of anilines is 1. The summed E-state index contributed by atoms with van der Waals surface area (Å²) in [6.07, 6.45) is 9.75. The normalized spacial score (nSPS) is 18.0. The molecule has 1 aliphatic carbocycles. The van der Waals surface area contributed by atoms with E-state index in [1.54, 1.807) is 4.09 Å². The van der Waals surface area contributed by atoms with Crippen LogP contribution in [0, 0.1) is 6.92 Å². The lowest BCUT2D eigenvalue weighted by Crippen LogP contribution is -2.36. The van der Waals surface area contributed by atoms with Crippen LogP contribution in [-0.2, 0) is 15.7 Å². The molecule has 1 unspecified atom stereocenters. The molecule has 0 bridgehead atoms. The number of rotatable bonds is 5. The van der Waals surface area contributed by atoms with Crippen LogP contribution >= 0.6 is 0 Å². The number of benzene rings is 2. The van der Waals surface area contributed by atoms with E-state index in [-0.39, 0.29) is 0 Å². The van der Waals surface area contributed by atoms with Crippen LogP contribution in [-0.4, -0.2) is 49.7 Å². The highest BCUT2D eigenvalue weighted by molar-refractivity contribution is 7.83. The van der Waals surface area contributed by atoms with Gasteiger partial charge in [-0.2, -0.15) is 9.19 Å². The molecule has 186 valence electrons. The molecule has 8 heteroatoms. The lowest BCUT2D eigenvalue weighted by atomic mass is 9.84. The second kappa shape index (κ2) is 10.1. The van der Waals surface area contributed by atoms with E-state index in [1.807, 2.05) is 49.6 Å².